The second-order valence-corrected chi connectivity index (χ2v) is 6.49. The zero-order chi connectivity index (χ0) is 12.9. The fraction of sp³-hybridized carbons (Fsp3) is 0.143. The molecule has 2 aromatic rings. The van der Waals surface area contributed by atoms with Crippen molar-refractivity contribution in [2.45, 2.75) is 13.8 Å². The van der Waals surface area contributed by atoms with Gasteiger partial charge in [0.2, 0.25) is 11.6 Å². The molecule has 0 unspecified atom stereocenters. The molecule has 0 saturated heterocycles. The van der Waals surface area contributed by atoms with Crippen LogP contribution in [0.5, 0.6) is 0 Å². The number of carbonyl (C=O) groups excluding carboxylic acids is 2. The largest absolute Gasteiger partial charge is 0.288 e. The molecule has 2 aromatic heterocycles. The maximum Gasteiger partial charge on any atom is 0.205 e. The van der Waals surface area contributed by atoms with Gasteiger partial charge in [0.15, 0.2) is 0 Å². The van der Waals surface area contributed by atoms with E-state index in [1.165, 1.54) is 22.7 Å². The highest BCUT2D eigenvalue weighted by Gasteiger charge is 2.33. The molecule has 0 aromatic carbocycles. The Morgan fingerprint density at radius 2 is 1.61 bits per heavy atom. The zero-order valence-corrected chi connectivity index (χ0v) is 11.6. The number of thiophene rings is 2. The van der Waals surface area contributed by atoms with Crippen molar-refractivity contribution in [2.75, 3.05) is 0 Å². The van der Waals surface area contributed by atoms with E-state index < -0.39 is 0 Å². The second kappa shape index (κ2) is 4.00. The van der Waals surface area contributed by atoms with Crippen molar-refractivity contribution in [3.05, 3.63) is 48.8 Å². The minimum atomic E-state index is -0.00953. The van der Waals surface area contributed by atoms with Gasteiger partial charge in [-0.1, -0.05) is 6.08 Å². The molecule has 0 radical (unpaired) electrons. The van der Waals surface area contributed by atoms with Gasteiger partial charge >= 0.3 is 0 Å². The van der Waals surface area contributed by atoms with Gasteiger partial charge in [-0.3, -0.25) is 9.59 Å². The van der Waals surface area contributed by atoms with Crippen molar-refractivity contribution < 1.29 is 9.59 Å². The molecule has 0 spiro atoms. The van der Waals surface area contributed by atoms with Gasteiger partial charge in [0.25, 0.3) is 0 Å². The standard InChI is InChI=1S/C14H10O2S2/c1-3-4-8-6-10-12(16)13-9(5-7(2)17-13)11(15)14(10)18-8/h3-6H,1-2H3/b4-3+. The lowest BCUT2D eigenvalue weighted by molar-refractivity contribution is 0.0986. The van der Waals surface area contributed by atoms with Crippen molar-refractivity contribution >= 4 is 40.3 Å². The first-order valence-electron chi connectivity index (χ1n) is 5.58. The van der Waals surface area contributed by atoms with Crippen molar-refractivity contribution in [2.24, 2.45) is 0 Å². The average molecular weight is 274 g/mol. The van der Waals surface area contributed by atoms with Gasteiger partial charge in [-0.2, -0.15) is 0 Å². The molecule has 0 amide bonds. The highest BCUT2D eigenvalue weighted by Crippen LogP contribution is 2.37. The van der Waals surface area contributed by atoms with Crippen molar-refractivity contribution in [3.63, 3.8) is 0 Å². The van der Waals surface area contributed by atoms with Gasteiger partial charge in [0, 0.05) is 20.9 Å². The Morgan fingerprint density at radius 1 is 1.00 bits per heavy atom. The van der Waals surface area contributed by atoms with Crippen LogP contribution in [0.15, 0.2) is 18.2 Å². The first kappa shape index (κ1) is 11.6. The highest BCUT2D eigenvalue weighted by molar-refractivity contribution is 7.17. The summed E-state index contributed by atoms with van der Waals surface area (Å²) in [4.78, 5) is 27.8. The summed E-state index contributed by atoms with van der Waals surface area (Å²) in [5.74, 6) is -0.0191. The molecule has 3 rings (SSSR count). The van der Waals surface area contributed by atoms with Crippen LogP contribution < -0.4 is 0 Å². The Balaban J connectivity index is 2.22. The fourth-order valence-corrected chi connectivity index (χ4v) is 4.13. The summed E-state index contributed by atoms with van der Waals surface area (Å²) in [6, 6.07) is 3.64. The van der Waals surface area contributed by atoms with Crippen LogP contribution >= 0.6 is 22.7 Å². The minimum Gasteiger partial charge on any atom is -0.288 e. The highest BCUT2D eigenvalue weighted by atomic mass is 32.1. The van der Waals surface area contributed by atoms with Crippen molar-refractivity contribution in [1.82, 2.24) is 0 Å². The average Bonchev–Trinajstić information content (AvgIpc) is 2.91. The summed E-state index contributed by atoms with van der Waals surface area (Å²) in [6.07, 6.45) is 3.83. The number of hydrogen-bond acceptors (Lipinski definition) is 4. The fourth-order valence-electron chi connectivity index (χ4n) is 2.09. The number of rotatable bonds is 1. The van der Waals surface area contributed by atoms with E-state index in [2.05, 4.69) is 0 Å². The quantitative estimate of drug-likeness (QED) is 0.674. The van der Waals surface area contributed by atoms with Crippen LogP contribution in [-0.2, 0) is 0 Å². The lowest BCUT2D eigenvalue weighted by Gasteiger charge is -2.08. The molecule has 0 fully saturated rings. The maximum atomic E-state index is 12.3. The molecule has 1 aliphatic rings. The molecular weight excluding hydrogens is 264 g/mol. The third-order valence-corrected chi connectivity index (χ3v) is 4.99. The molecule has 0 bridgehead atoms. The number of fused-ring (bicyclic) bond motifs is 2. The smallest absolute Gasteiger partial charge is 0.205 e. The third-order valence-electron chi connectivity index (χ3n) is 2.84. The van der Waals surface area contributed by atoms with Crippen molar-refractivity contribution in [3.8, 4) is 0 Å². The maximum absolute atomic E-state index is 12.3. The van der Waals surface area contributed by atoms with Crippen LogP contribution in [0.2, 0.25) is 0 Å². The molecule has 0 saturated carbocycles. The van der Waals surface area contributed by atoms with Gasteiger partial charge in [-0.25, -0.2) is 0 Å². The molecule has 2 nitrogen and oxygen atoms in total. The summed E-state index contributed by atoms with van der Waals surface area (Å²) < 4.78 is 0. The van der Waals surface area contributed by atoms with Crippen LogP contribution in [0.25, 0.3) is 6.08 Å². The Hall–Kier alpha value is -1.52. The summed E-state index contributed by atoms with van der Waals surface area (Å²) in [6.45, 7) is 3.84. The van der Waals surface area contributed by atoms with Crippen LogP contribution in [0, 0.1) is 6.92 Å². The molecule has 1 aliphatic carbocycles. The van der Waals surface area contributed by atoms with E-state index in [1.807, 2.05) is 38.1 Å². The van der Waals surface area contributed by atoms with Gasteiger partial charge in [-0.15, -0.1) is 22.7 Å². The Bertz CT molecular complexity index is 650. The number of allylic oxidation sites excluding steroid dienone is 1. The topological polar surface area (TPSA) is 34.1 Å². The molecule has 4 heteroatoms. The summed E-state index contributed by atoms with van der Waals surface area (Å²) >= 11 is 2.80. The van der Waals surface area contributed by atoms with E-state index in [-0.39, 0.29) is 11.6 Å². The summed E-state index contributed by atoms with van der Waals surface area (Å²) in [5.41, 5.74) is 1.14. The van der Waals surface area contributed by atoms with E-state index >= 15 is 0 Å². The monoisotopic (exact) mass is 274 g/mol. The first-order valence-corrected chi connectivity index (χ1v) is 7.21. The zero-order valence-electron chi connectivity index (χ0n) is 9.94. The number of aryl methyl sites for hydroxylation is 1. The first-order chi connectivity index (χ1) is 8.61. The van der Waals surface area contributed by atoms with Gasteiger partial charge in [0.1, 0.15) is 0 Å². The molecule has 90 valence electrons. The normalized spacial score (nSPS) is 14.1. The summed E-state index contributed by atoms with van der Waals surface area (Å²) in [5, 5.41) is 0. The van der Waals surface area contributed by atoms with E-state index in [9.17, 15) is 9.59 Å². The predicted octanol–water partition coefficient (Wildman–Crippen LogP) is 3.93. The lowest BCUT2D eigenvalue weighted by Crippen LogP contribution is -2.15. The van der Waals surface area contributed by atoms with Gasteiger partial charge < -0.3 is 0 Å². The summed E-state index contributed by atoms with van der Waals surface area (Å²) in [7, 11) is 0. The van der Waals surface area contributed by atoms with E-state index in [0.717, 1.165) is 9.75 Å². The number of ketones is 2. The van der Waals surface area contributed by atoms with Gasteiger partial charge in [-0.05, 0) is 32.1 Å². The van der Waals surface area contributed by atoms with E-state index in [1.54, 1.807) is 0 Å². The molecule has 18 heavy (non-hydrogen) atoms. The Kier molecular flexibility index (Phi) is 2.57. The minimum absolute atomic E-state index is 0.00953. The Labute approximate surface area is 113 Å². The van der Waals surface area contributed by atoms with Crippen LogP contribution in [-0.4, -0.2) is 11.6 Å². The SMILES string of the molecule is C/C=C/c1cc2c(s1)C(=O)c1cc(C)sc1C2=O. The van der Waals surface area contributed by atoms with E-state index in [0.29, 0.717) is 20.9 Å². The van der Waals surface area contributed by atoms with Crippen LogP contribution in [0.1, 0.15) is 47.1 Å². The van der Waals surface area contributed by atoms with Crippen molar-refractivity contribution in [1.29, 1.82) is 0 Å². The predicted molar refractivity (Wildman–Crippen MR) is 74.9 cm³/mol. The number of hydrogen-bond donors (Lipinski definition) is 0. The molecule has 0 N–H and O–H groups in total. The second-order valence-electron chi connectivity index (χ2n) is 4.15. The molecule has 2 heterocycles. The van der Waals surface area contributed by atoms with Crippen LogP contribution in [0.4, 0.5) is 0 Å². The third kappa shape index (κ3) is 1.53. The van der Waals surface area contributed by atoms with Crippen LogP contribution in [0.3, 0.4) is 0 Å². The number of carbonyl (C=O) groups is 2. The Morgan fingerprint density at radius 3 is 2.28 bits per heavy atom. The molecule has 0 aliphatic heterocycles. The van der Waals surface area contributed by atoms with Gasteiger partial charge in [0.05, 0.1) is 9.75 Å². The molecular formula is C14H10O2S2. The molecule has 0 atom stereocenters. The van der Waals surface area contributed by atoms with E-state index in [4.69, 9.17) is 0 Å². The lowest BCUT2D eigenvalue weighted by atomic mass is 9.96.